The molecular weight excluding hydrogens is 519 g/mol. The van der Waals surface area contributed by atoms with Gasteiger partial charge in [0, 0.05) is 23.2 Å². The molecule has 13 heteroatoms. The summed E-state index contributed by atoms with van der Waals surface area (Å²) in [4.78, 5) is 40.4. The van der Waals surface area contributed by atoms with E-state index in [1.165, 1.54) is 43.4 Å². The van der Waals surface area contributed by atoms with E-state index in [0.29, 0.717) is 4.88 Å². The largest absolute Gasteiger partial charge is 0.448 e. The van der Waals surface area contributed by atoms with Crippen molar-refractivity contribution in [3.05, 3.63) is 74.0 Å². The van der Waals surface area contributed by atoms with Crippen LogP contribution in [0.1, 0.15) is 27.7 Å². The molecule has 8 nitrogen and oxygen atoms in total. The molecule has 4 aromatic rings. The van der Waals surface area contributed by atoms with Gasteiger partial charge in [-0.15, -0.1) is 22.7 Å². The van der Waals surface area contributed by atoms with Gasteiger partial charge < -0.3 is 10.1 Å². The first-order valence-corrected chi connectivity index (χ1v) is 12.0. The Balaban J connectivity index is 1.61. The highest BCUT2D eigenvalue weighted by molar-refractivity contribution is 7.20. The van der Waals surface area contributed by atoms with E-state index in [-0.39, 0.29) is 37.7 Å². The highest BCUT2D eigenvalue weighted by Gasteiger charge is 2.36. The number of nitro benzene ring substituents is 1. The van der Waals surface area contributed by atoms with Gasteiger partial charge in [0.1, 0.15) is 9.71 Å². The van der Waals surface area contributed by atoms with Crippen molar-refractivity contribution in [2.75, 3.05) is 5.32 Å². The van der Waals surface area contributed by atoms with E-state index in [1.807, 2.05) is 0 Å². The SMILES string of the molecule is Cc1c(C(=O)O[C@H](C)C(=O)Nc2cccc([N+](=O)[O-])c2)sc2nc(-c3cccs3)cc(C(F)(F)F)c12. The van der Waals surface area contributed by atoms with E-state index in [9.17, 15) is 32.9 Å². The van der Waals surface area contributed by atoms with Crippen molar-refractivity contribution in [2.24, 2.45) is 0 Å². The van der Waals surface area contributed by atoms with E-state index in [2.05, 4.69) is 10.3 Å². The number of carbonyl (C=O) groups excluding carboxylic acids is 2. The highest BCUT2D eigenvalue weighted by Crippen LogP contribution is 2.42. The number of pyridine rings is 1. The molecule has 1 amide bonds. The molecule has 0 radical (unpaired) electrons. The van der Waals surface area contributed by atoms with Crippen LogP contribution in [0.15, 0.2) is 47.8 Å². The Morgan fingerprint density at radius 3 is 2.58 bits per heavy atom. The lowest BCUT2D eigenvalue weighted by atomic mass is 10.1. The third kappa shape index (κ3) is 5.06. The normalized spacial score (nSPS) is 12.4. The Bertz CT molecular complexity index is 1480. The van der Waals surface area contributed by atoms with Crippen molar-refractivity contribution in [3.8, 4) is 10.6 Å². The molecule has 0 unspecified atom stereocenters. The molecule has 1 N–H and O–H groups in total. The Morgan fingerprint density at radius 2 is 1.94 bits per heavy atom. The zero-order valence-corrected chi connectivity index (χ0v) is 20.2. The molecule has 0 fully saturated rings. The predicted molar refractivity (Wildman–Crippen MR) is 129 cm³/mol. The van der Waals surface area contributed by atoms with E-state index in [0.717, 1.165) is 23.5 Å². The van der Waals surface area contributed by atoms with E-state index in [1.54, 1.807) is 17.5 Å². The summed E-state index contributed by atoms with van der Waals surface area (Å²) in [6, 6.07) is 9.48. The van der Waals surface area contributed by atoms with Gasteiger partial charge in [0.2, 0.25) is 0 Å². The number of nitro groups is 1. The second kappa shape index (κ2) is 9.66. The lowest BCUT2D eigenvalue weighted by molar-refractivity contribution is -0.384. The van der Waals surface area contributed by atoms with Crippen molar-refractivity contribution < 1.29 is 32.4 Å². The molecule has 3 aromatic heterocycles. The van der Waals surface area contributed by atoms with Crippen LogP contribution >= 0.6 is 22.7 Å². The summed E-state index contributed by atoms with van der Waals surface area (Å²) in [5.74, 6) is -1.75. The molecule has 0 saturated heterocycles. The van der Waals surface area contributed by atoms with Crippen LogP contribution in [0, 0.1) is 17.0 Å². The Labute approximate surface area is 209 Å². The van der Waals surface area contributed by atoms with Crippen molar-refractivity contribution in [1.82, 2.24) is 4.98 Å². The fraction of sp³-hybridized carbons (Fsp3) is 0.174. The van der Waals surface area contributed by atoms with Gasteiger partial charge in [0.15, 0.2) is 6.10 Å². The quantitative estimate of drug-likeness (QED) is 0.173. The number of amides is 1. The molecule has 1 atom stereocenters. The van der Waals surface area contributed by atoms with Crippen molar-refractivity contribution in [1.29, 1.82) is 0 Å². The molecule has 0 saturated carbocycles. The van der Waals surface area contributed by atoms with Gasteiger partial charge >= 0.3 is 12.1 Å². The van der Waals surface area contributed by atoms with Crippen LogP contribution in [-0.2, 0) is 15.7 Å². The van der Waals surface area contributed by atoms with Gasteiger partial charge in [-0.3, -0.25) is 14.9 Å². The Morgan fingerprint density at radius 1 is 1.19 bits per heavy atom. The molecule has 4 rings (SSSR count). The third-order valence-electron chi connectivity index (χ3n) is 5.14. The standard InChI is InChI=1S/C23H16F3N3O5S2/c1-11-18-15(23(24,25)26)10-16(17-7-4-8-35-17)28-21(18)36-19(11)22(31)34-12(2)20(30)27-13-5-3-6-14(9-13)29(32)33/h3-10,12H,1-2H3,(H,27,30)/t12-/m1/s1. The van der Waals surface area contributed by atoms with Crippen LogP contribution in [0.4, 0.5) is 24.5 Å². The smallest absolute Gasteiger partial charge is 0.417 e. The molecule has 1 aromatic carbocycles. The van der Waals surface area contributed by atoms with Crippen LogP contribution in [0.5, 0.6) is 0 Å². The monoisotopic (exact) mass is 535 g/mol. The van der Waals surface area contributed by atoms with Gasteiger partial charge in [-0.25, -0.2) is 9.78 Å². The summed E-state index contributed by atoms with van der Waals surface area (Å²) in [5, 5.41) is 14.8. The first-order valence-electron chi connectivity index (χ1n) is 10.3. The molecule has 0 spiro atoms. The van der Waals surface area contributed by atoms with Crippen molar-refractivity contribution in [2.45, 2.75) is 26.1 Å². The van der Waals surface area contributed by atoms with E-state index in [4.69, 9.17) is 4.74 Å². The molecular formula is C23H16F3N3O5S2. The number of anilines is 1. The molecule has 3 heterocycles. The van der Waals surface area contributed by atoms with E-state index >= 15 is 0 Å². The second-order valence-electron chi connectivity index (χ2n) is 7.61. The molecule has 0 bridgehead atoms. The van der Waals surface area contributed by atoms with Gasteiger partial charge in [0.25, 0.3) is 11.6 Å². The van der Waals surface area contributed by atoms with Crippen LogP contribution in [0.3, 0.4) is 0 Å². The van der Waals surface area contributed by atoms with Gasteiger partial charge in [-0.05, 0) is 43.0 Å². The summed E-state index contributed by atoms with van der Waals surface area (Å²) in [6.45, 7) is 2.65. The number of fused-ring (bicyclic) bond motifs is 1. The fourth-order valence-corrected chi connectivity index (χ4v) is 5.20. The number of benzene rings is 1. The predicted octanol–water partition coefficient (Wildman–Crippen LogP) is 6.44. The summed E-state index contributed by atoms with van der Waals surface area (Å²) in [7, 11) is 0. The average molecular weight is 536 g/mol. The number of aromatic nitrogens is 1. The highest BCUT2D eigenvalue weighted by atomic mass is 32.1. The number of rotatable bonds is 6. The average Bonchev–Trinajstić information content (AvgIpc) is 3.46. The lowest BCUT2D eigenvalue weighted by Crippen LogP contribution is -2.30. The first-order chi connectivity index (χ1) is 17.0. The maximum absolute atomic E-state index is 13.9. The maximum atomic E-state index is 13.9. The van der Waals surface area contributed by atoms with Crippen LogP contribution in [0.25, 0.3) is 20.8 Å². The van der Waals surface area contributed by atoms with Gasteiger partial charge in [-0.1, -0.05) is 12.1 Å². The van der Waals surface area contributed by atoms with Crippen molar-refractivity contribution >= 4 is 56.1 Å². The number of thiophene rings is 2. The minimum Gasteiger partial charge on any atom is -0.448 e. The number of halogens is 3. The summed E-state index contributed by atoms with van der Waals surface area (Å²) < 4.78 is 46.9. The first kappa shape index (κ1) is 25.3. The number of alkyl halides is 3. The number of hydrogen-bond donors (Lipinski definition) is 1. The second-order valence-corrected chi connectivity index (χ2v) is 9.56. The minimum absolute atomic E-state index is 0.0198. The Hall–Kier alpha value is -3.84. The van der Waals surface area contributed by atoms with Crippen LogP contribution in [0.2, 0.25) is 0 Å². The summed E-state index contributed by atoms with van der Waals surface area (Å²) in [5.41, 5.74) is -0.858. The molecule has 186 valence electrons. The van der Waals surface area contributed by atoms with Gasteiger partial charge in [-0.2, -0.15) is 13.2 Å². The number of nitrogens with zero attached hydrogens (tertiary/aromatic N) is 2. The number of non-ortho nitro benzene ring substituents is 1. The number of hydrogen-bond acceptors (Lipinski definition) is 8. The van der Waals surface area contributed by atoms with Crippen molar-refractivity contribution in [3.63, 3.8) is 0 Å². The molecule has 0 aliphatic heterocycles. The van der Waals surface area contributed by atoms with Gasteiger partial charge in [0.05, 0.1) is 21.1 Å². The lowest BCUT2D eigenvalue weighted by Gasteiger charge is -2.13. The van der Waals surface area contributed by atoms with E-state index < -0.39 is 34.6 Å². The molecule has 36 heavy (non-hydrogen) atoms. The number of nitrogens with one attached hydrogen (secondary N) is 1. The summed E-state index contributed by atoms with van der Waals surface area (Å²) in [6.07, 6.45) is -6.02. The molecule has 0 aliphatic carbocycles. The topological polar surface area (TPSA) is 111 Å². The Kier molecular flexibility index (Phi) is 6.78. The number of aryl methyl sites for hydroxylation is 1. The minimum atomic E-state index is -4.69. The fourth-order valence-electron chi connectivity index (χ4n) is 3.42. The van der Waals surface area contributed by atoms with Crippen LogP contribution < -0.4 is 5.32 Å². The zero-order chi connectivity index (χ0) is 26.2. The number of carbonyl (C=O) groups is 2. The number of ether oxygens (including phenoxy) is 1. The maximum Gasteiger partial charge on any atom is 0.417 e. The third-order valence-corrected chi connectivity index (χ3v) is 7.20. The summed E-state index contributed by atoms with van der Waals surface area (Å²) >= 11 is 1.99. The zero-order valence-electron chi connectivity index (χ0n) is 18.6. The number of esters is 1. The molecule has 0 aliphatic rings. The van der Waals surface area contributed by atoms with Crippen LogP contribution in [-0.4, -0.2) is 27.9 Å².